The van der Waals surface area contributed by atoms with Crippen LogP contribution < -0.4 is 0 Å². The Bertz CT molecular complexity index is 999. The van der Waals surface area contributed by atoms with Crippen molar-refractivity contribution in [3.63, 3.8) is 0 Å². The number of amides is 2. The maximum Gasteiger partial charge on any atom is 0.391 e. The van der Waals surface area contributed by atoms with Gasteiger partial charge in [0.25, 0.3) is 5.91 Å². The summed E-state index contributed by atoms with van der Waals surface area (Å²) in [6, 6.07) is 1.82. The highest BCUT2D eigenvalue weighted by atomic mass is 19.4. The van der Waals surface area contributed by atoms with Gasteiger partial charge in [-0.05, 0) is 70.4 Å². The van der Waals surface area contributed by atoms with Crippen molar-refractivity contribution in [2.75, 3.05) is 32.7 Å². The van der Waals surface area contributed by atoms with Crippen molar-refractivity contribution in [2.45, 2.75) is 81.7 Å². The molecule has 0 bridgehead atoms. The van der Waals surface area contributed by atoms with Crippen LogP contribution in [0.3, 0.4) is 0 Å². The van der Waals surface area contributed by atoms with Crippen LogP contribution in [0.1, 0.15) is 68.1 Å². The van der Waals surface area contributed by atoms with E-state index in [0.717, 1.165) is 38.8 Å². The maximum absolute atomic E-state index is 13.4. The highest BCUT2D eigenvalue weighted by Gasteiger charge is 2.54. The highest BCUT2D eigenvalue weighted by Crippen LogP contribution is 2.48. The lowest BCUT2D eigenvalue weighted by Crippen LogP contribution is -2.60. The zero-order chi connectivity index (χ0) is 28.0. The molecule has 12 heteroatoms. The molecule has 1 aliphatic carbocycles. The van der Waals surface area contributed by atoms with Crippen molar-refractivity contribution in [1.82, 2.24) is 14.7 Å². The number of alkyl halides is 6. The van der Waals surface area contributed by atoms with E-state index in [1.54, 1.807) is 6.07 Å². The maximum atomic E-state index is 13.4. The molecule has 1 aromatic heterocycles. The molecule has 3 aliphatic heterocycles. The third-order valence-electron chi connectivity index (χ3n) is 9.47. The van der Waals surface area contributed by atoms with Gasteiger partial charge in [-0.2, -0.15) is 26.3 Å². The topological polar surface area (TPSA) is 57.0 Å². The summed E-state index contributed by atoms with van der Waals surface area (Å²) in [6.07, 6.45) is -3.86. The van der Waals surface area contributed by atoms with Crippen LogP contribution in [0.25, 0.3) is 0 Å². The van der Waals surface area contributed by atoms with E-state index in [9.17, 15) is 35.9 Å². The molecule has 39 heavy (non-hydrogen) atoms. The Balaban J connectivity index is 1.20. The predicted molar refractivity (Wildman–Crippen MR) is 129 cm³/mol. The predicted octanol–water partition coefficient (Wildman–Crippen LogP) is 5.50. The molecule has 1 aromatic rings. The molecule has 3 atom stereocenters. The molecule has 4 aliphatic rings. The molecule has 4 heterocycles. The molecule has 1 saturated carbocycles. The van der Waals surface area contributed by atoms with Gasteiger partial charge in [0.05, 0.1) is 29.2 Å². The van der Waals surface area contributed by atoms with Crippen LogP contribution in [-0.2, 0) is 4.79 Å². The van der Waals surface area contributed by atoms with Crippen molar-refractivity contribution in [3.05, 3.63) is 24.2 Å². The van der Waals surface area contributed by atoms with Crippen molar-refractivity contribution in [2.24, 2.45) is 17.8 Å². The number of furan rings is 1. The Morgan fingerprint density at radius 2 is 1.49 bits per heavy atom. The summed E-state index contributed by atoms with van der Waals surface area (Å²) >= 11 is 0. The summed E-state index contributed by atoms with van der Waals surface area (Å²) in [6.45, 7) is 2.89. The number of hydrogen-bond acceptors (Lipinski definition) is 4. The number of nitrogens with zero attached hydrogens (tertiary/aromatic N) is 3. The van der Waals surface area contributed by atoms with Gasteiger partial charge in [0.15, 0.2) is 0 Å². The second-order valence-corrected chi connectivity index (χ2v) is 11.8. The SMILES string of the molecule is O=C(C1CC(C(F)(F)F)CC(C(F)(F)F)C1)N1CCC(N2CCCC3(CCCN3C(=O)c3ccoc3)C2)CC1. The lowest BCUT2D eigenvalue weighted by molar-refractivity contribution is -0.228. The largest absolute Gasteiger partial charge is 0.472 e. The zero-order valence-electron chi connectivity index (χ0n) is 21.8. The van der Waals surface area contributed by atoms with Crippen molar-refractivity contribution >= 4 is 11.8 Å². The van der Waals surface area contributed by atoms with Gasteiger partial charge >= 0.3 is 12.4 Å². The van der Waals surface area contributed by atoms with Crippen LogP contribution in [0.2, 0.25) is 0 Å². The van der Waals surface area contributed by atoms with E-state index in [1.807, 2.05) is 4.90 Å². The summed E-state index contributed by atoms with van der Waals surface area (Å²) in [5, 5.41) is 0. The monoisotopic (exact) mass is 563 g/mol. The average molecular weight is 564 g/mol. The first kappa shape index (κ1) is 28.3. The first-order valence-corrected chi connectivity index (χ1v) is 13.9. The molecule has 5 rings (SSSR count). The number of likely N-dealkylation sites (tertiary alicyclic amines) is 3. The molecule has 2 amide bonds. The molecule has 3 saturated heterocycles. The minimum atomic E-state index is -4.76. The van der Waals surface area contributed by atoms with Gasteiger partial charge in [0, 0.05) is 38.1 Å². The minimum Gasteiger partial charge on any atom is -0.472 e. The Labute approximate surface area is 223 Å². The molecule has 0 radical (unpaired) electrons. The Morgan fingerprint density at radius 1 is 0.872 bits per heavy atom. The normalized spacial score (nSPS) is 31.7. The fourth-order valence-electron chi connectivity index (χ4n) is 7.45. The van der Waals surface area contributed by atoms with Crippen LogP contribution in [0.4, 0.5) is 26.3 Å². The first-order chi connectivity index (χ1) is 18.4. The number of rotatable bonds is 3. The van der Waals surface area contributed by atoms with Gasteiger partial charge in [-0.15, -0.1) is 0 Å². The van der Waals surface area contributed by atoms with E-state index >= 15 is 0 Å². The minimum absolute atomic E-state index is 0.0367. The Morgan fingerprint density at radius 3 is 2.05 bits per heavy atom. The van der Waals surface area contributed by atoms with Crippen LogP contribution in [0.5, 0.6) is 0 Å². The smallest absolute Gasteiger partial charge is 0.391 e. The molecule has 4 fully saturated rings. The van der Waals surface area contributed by atoms with Crippen LogP contribution in [-0.4, -0.2) is 83.2 Å². The number of carbonyl (C=O) groups excluding carboxylic acids is 2. The number of hydrogen-bond donors (Lipinski definition) is 0. The summed E-state index contributed by atoms with van der Waals surface area (Å²) in [5.41, 5.74) is 0.268. The van der Waals surface area contributed by atoms with Crippen molar-refractivity contribution in [1.29, 1.82) is 0 Å². The molecule has 218 valence electrons. The van der Waals surface area contributed by atoms with E-state index in [0.29, 0.717) is 38.0 Å². The van der Waals surface area contributed by atoms with Gasteiger partial charge in [0.2, 0.25) is 5.91 Å². The van der Waals surface area contributed by atoms with E-state index in [2.05, 4.69) is 4.90 Å². The van der Waals surface area contributed by atoms with Crippen molar-refractivity contribution < 1.29 is 40.3 Å². The number of piperidine rings is 2. The van der Waals surface area contributed by atoms with Crippen LogP contribution in [0, 0.1) is 17.8 Å². The quantitative estimate of drug-likeness (QED) is 0.456. The van der Waals surface area contributed by atoms with Crippen molar-refractivity contribution in [3.8, 4) is 0 Å². The third-order valence-corrected chi connectivity index (χ3v) is 9.47. The summed E-state index contributed by atoms with van der Waals surface area (Å²) in [7, 11) is 0. The van der Waals surface area contributed by atoms with Gasteiger partial charge in [-0.3, -0.25) is 14.5 Å². The molecular weight excluding hydrogens is 528 g/mol. The van der Waals surface area contributed by atoms with Gasteiger partial charge < -0.3 is 14.2 Å². The second-order valence-electron chi connectivity index (χ2n) is 11.8. The summed E-state index contributed by atoms with van der Waals surface area (Å²) in [4.78, 5) is 32.1. The van der Waals surface area contributed by atoms with Gasteiger partial charge in [-0.25, -0.2) is 0 Å². The standard InChI is InChI=1S/C27H35F6N3O3/c28-26(29,30)20-13-19(14-21(15-20)27(31,32)33)23(37)34-10-3-22(4-11-34)35-8-1-6-25(17-35)7-2-9-36(25)24(38)18-5-12-39-16-18/h5,12,16,19-22H,1-4,6-11,13-15,17H2. The summed E-state index contributed by atoms with van der Waals surface area (Å²) in [5.74, 6) is -6.13. The van der Waals surface area contributed by atoms with Gasteiger partial charge in [0.1, 0.15) is 6.26 Å². The highest BCUT2D eigenvalue weighted by molar-refractivity contribution is 5.94. The fraction of sp³-hybridized carbons (Fsp3) is 0.778. The number of carbonyl (C=O) groups is 2. The Hall–Kier alpha value is -2.24. The molecule has 0 N–H and O–H groups in total. The molecular formula is C27H35F6N3O3. The van der Waals surface area contributed by atoms with E-state index < -0.39 is 55.3 Å². The first-order valence-electron chi connectivity index (χ1n) is 13.9. The molecule has 6 nitrogen and oxygen atoms in total. The van der Waals surface area contributed by atoms with E-state index in [4.69, 9.17) is 4.42 Å². The molecule has 3 unspecified atom stereocenters. The lowest BCUT2D eigenvalue weighted by Gasteiger charge is -2.49. The van der Waals surface area contributed by atoms with Crippen LogP contribution in [0.15, 0.2) is 23.0 Å². The average Bonchev–Trinajstić information content (AvgIpc) is 3.58. The lowest BCUT2D eigenvalue weighted by atomic mass is 9.73. The second kappa shape index (κ2) is 10.6. The third kappa shape index (κ3) is 5.81. The number of halogens is 6. The summed E-state index contributed by atoms with van der Waals surface area (Å²) < 4.78 is 85.5. The Kier molecular flexibility index (Phi) is 7.71. The fourth-order valence-corrected chi connectivity index (χ4v) is 7.45. The molecule has 0 aromatic carbocycles. The van der Waals surface area contributed by atoms with Crippen LogP contribution >= 0.6 is 0 Å². The van der Waals surface area contributed by atoms with E-state index in [-0.39, 0.29) is 17.5 Å². The molecule has 1 spiro atoms. The van der Waals surface area contributed by atoms with Gasteiger partial charge in [-0.1, -0.05) is 0 Å². The van der Waals surface area contributed by atoms with E-state index in [1.165, 1.54) is 17.4 Å². The zero-order valence-corrected chi connectivity index (χ0v) is 21.8.